The molecule has 0 aliphatic carbocycles. The predicted molar refractivity (Wildman–Crippen MR) is 133 cm³/mol. The van der Waals surface area contributed by atoms with Crippen LogP contribution in [0.5, 0.6) is 0 Å². The molecule has 10 nitrogen and oxygen atoms in total. The summed E-state index contributed by atoms with van der Waals surface area (Å²) in [6.07, 6.45) is 1.27. The molecule has 0 unspecified atom stereocenters. The Balaban J connectivity index is 1.82. The van der Waals surface area contributed by atoms with Gasteiger partial charge in [0.1, 0.15) is 11.7 Å². The minimum absolute atomic E-state index is 0.0832. The molecule has 0 spiro atoms. The Bertz CT molecular complexity index is 1080. The average molecular weight is 497 g/mol. The highest BCUT2D eigenvalue weighted by molar-refractivity contribution is 5.97. The highest BCUT2D eigenvalue weighted by Crippen LogP contribution is 2.21. The number of amides is 3. The lowest BCUT2D eigenvalue weighted by atomic mass is 10.0. The Morgan fingerprint density at radius 2 is 1.67 bits per heavy atom. The van der Waals surface area contributed by atoms with E-state index in [-0.39, 0.29) is 44.7 Å². The van der Waals surface area contributed by atoms with Crippen LogP contribution in [-0.2, 0) is 16.0 Å². The summed E-state index contributed by atoms with van der Waals surface area (Å²) in [5.74, 6) is -2.07. The van der Waals surface area contributed by atoms with E-state index in [1.807, 2.05) is 36.4 Å². The van der Waals surface area contributed by atoms with Gasteiger partial charge in [0.25, 0.3) is 5.91 Å². The van der Waals surface area contributed by atoms with E-state index in [1.54, 1.807) is 6.07 Å². The van der Waals surface area contributed by atoms with E-state index >= 15 is 0 Å². The van der Waals surface area contributed by atoms with Gasteiger partial charge in [-0.25, -0.2) is 9.78 Å². The Morgan fingerprint density at radius 3 is 2.28 bits per heavy atom. The molecule has 1 aliphatic rings. The van der Waals surface area contributed by atoms with Crippen LogP contribution in [-0.4, -0.2) is 81.1 Å². The van der Waals surface area contributed by atoms with Crippen molar-refractivity contribution in [1.82, 2.24) is 20.1 Å². The van der Waals surface area contributed by atoms with Gasteiger partial charge in [0.2, 0.25) is 5.91 Å². The largest absolute Gasteiger partial charge is 0.481 e. The fourth-order valence-electron chi connectivity index (χ4n) is 4.08. The molecule has 1 aromatic carbocycles. The number of carbonyl (C=O) groups excluding carboxylic acids is 2. The first-order valence-corrected chi connectivity index (χ1v) is 12.1. The number of hydrogen-bond donors (Lipinski definition) is 3. The number of nitrogens with zero attached hydrogens (tertiary/aromatic N) is 3. The van der Waals surface area contributed by atoms with Crippen molar-refractivity contribution in [2.24, 2.45) is 0 Å². The number of carboxylic acids is 1. The second kappa shape index (κ2) is 12.7. The van der Waals surface area contributed by atoms with Gasteiger partial charge in [-0.2, -0.15) is 0 Å². The van der Waals surface area contributed by atoms with Crippen LogP contribution in [0.3, 0.4) is 0 Å². The molecule has 2 heterocycles. The minimum atomic E-state index is -1.08. The van der Waals surface area contributed by atoms with Crippen molar-refractivity contribution in [3.63, 3.8) is 0 Å². The van der Waals surface area contributed by atoms with Crippen molar-refractivity contribution in [3.8, 4) is 11.3 Å². The predicted octanol–water partition coefficient (Wildman–Crippen LogP) is 2.88. The number of nitrogens with one attached hydrogen (secondary N) is 1. The second-order valence-corrected chi connectivity index (χ2v) is 8.77. The molecule has 0 bridgehead atoms. The highest BCUT2D eigenvalue weighted by atomic mass is 16.4. The van der Waals surface area contributed by atoms with Gasteiger partial charge in [-0.05, 0) is 37.0 Å². The van der Waals surface area contributed by atoms with Gasteiger partial charge in [-0.15, -0.1) is 0 Å². The summed E-state index contributed by atoms with van der Waals surface area (Å²) in [4.78, 5) is 56.0. The topological polar surface area (TPSA) is 140 Å². The number of aromatic nitrogens is 1. The Hall–Kier alpha value is -3.95. The van der Waals surface area contributed by atoms with Crippen molar-refractivity contribution < 1.29 is 29.4 Å². The zero-order valence-electron chi connectivity index (χ0n) is 20.4. The Kier molecular flexibility index (Phi) is 9.38. The molecule has 1 saturated heterocycles. The molecule has 3 amide bonds. The van der Waals surface area contributed by atoms with E-state index in [9.17, 15) is 19.2 Å². The van der Waals surface area contributed by atoms with Crippen LogP contribution >= 0.6 is 0 Å². The molecular formula is C26H32N4O6. The van der Waals surface area contributed by atoms with Gasteiger partial charge >= 0.3 is 12.1 Å². The van der Waals surface area contributed by atoms with Crippen LogP contribution in [0.15, 0.2) is 42.5 Å². The third-order valence-corrected chi connectivity index (χ3v) is 6.12. The summed E-state index contributed by atoms with van der Waals surface area (Å²) in [5.41, 5.74) is 2.62. The quantitative estimate of drug-likeness (QED) is 0.459. The number of benzene rings is 1. The van der Waals surface area contributed by atoms with E-state index in [4.69, 9.17) is 10.2 Å². The number of carboxylic acid groups (broad SMARTS) is 2. The van der Waals surface area contributed by atoms with E-state index in [0.717, 1.165) is 30.4 Å². The fourth-order valence-corrected chi connectivity index (χ4v) is 4.08. The van der Waals surface area contributed by atoms with E-state index < -0.39 is 29.9 Å². The summed E-state index contributed by atoms with van der Waals surface area (Å²) in [6.45, 7) is 2.74. The molecule has 1 aliphatic heterocycles. The maximum absolute atomic E-state index is 13.3. The molecule has 2 aromatic rings. The summed E-state index contributed by atoms with van der Waals surface area (Å²) < 4.78 is 0. The van der Waals surface area contributed by atoms with Crippen molar-refractivity contribution in [1.29, 1.82) is 0 Å². The molecule has 0 saturated carbocycles. The van der Waals surface area contributed by atoms with Crippen LogP contribution in [0.1, 0.15) is 48.7 Å². The van der Waals surface area contributed by atoms with Crippen molar-refractivity contribution >= 4 is 23.9 Å². The lowest BCUT2D eigenvalue weighted by Crippen LogP contribution is -2.55. The highest BCUT2D eigenvalue weighted by Gasteiger charge is 2.30. The van der Waals surface area contributed by atoms with Crippen LogP contribution in [0.2, 0.25) is 0 Å². The van der Waals surface area contributed by atoms with Crippen LogP contribution < -0.4 is 5.32 Å². The van der Waals surface area contributed by atoms with E-state index in [0.29, 0.717) is 5.69 Å². The third kappa shape index (κ3) is 7.27. The average Bonchev–Trinajstić information content (AvgIpc) is 2.89. The van der Waals surface area contributed by atoms with Crippen molar-refractivity contribution in [2.75, 3.05) is 26.2 Å². The van der Waals surface area contributed by atoms with E-state index in [2.05, 4.69) is 17.2 Å². The molecule has 36 heavy (non-hydrogen) atoms. The number of aliphatic carboxylic acids is 1. The number of unbranched alkanes of at least 4 members (excludes halogenated alkanes) is 1. The van der Waals surface area contributed by atoms with Crippen LogP contribution in [0.25, 0.3) is 11.3 Å². The summed E-state index contributed by atoms with van der Waals surface area (Å²) in [6, 6.07) is 12.1. The first-order valence-electron chi connectivity index (χ1n) is 12.1. The third-order valence-electron chi connectivity index (χ3n) is 6.12. The molecule has 1 fully saturated rings. The zero-order chi connectivity index (χ0) is 26.1. The normalized spacial score (nSPS) is 14.2. The van der Waals surface area contributed by atoms with Crippen molar-refractivity contribution in [2.45, 2.75) is 45.1 Å². The summed E-state index contributed by atoms with van der Waals surface area (Å²) in [7, 11) is 0. The number of piperazine rings is 1. The first kappa shape index (κ1) is 26.7. The molecule has 1 atom stereocenters. The monoisotopic (exact) mass is 496 g/mol. The molecule has 1 aromatic heterocycles. The van der Waals surface area contributed by atoms with Gasteiger partial charge in [0.15, 0.2) is 0 Å². The molecule has 10 heteroatoms. The maximum Gasteiger partial charge on any atom is 0.407 e. The lowest BCUT2D eigenvalue weighted by molar-refractivity contribution is -0.138. The minimum Gasteiger partial charge on any atom is -0.481 e. The number of pyridine rings is 1. The van der Waals surface area contributed by atoms with E-state index in [1.165, 1.54) is 9.80 Å². The number of carbonyl (C=O) groups is 4. The fraction of sp³-hybridized carbons (Fsp3) is 0.423. The maximum atomic E-state index is 13.3. The van der Waals surface area contributed by atoms with Crippen molar-refractivity contribution in [3.05, 3.63) is 53.7 Å². The van der Waals surface area contributed by atoms with Gasteiger partial charge in [0, 0.05) is 38.2 Å². The Morgan fingerprint density at radius 1 is 1.00 bits per heavy atom. The zero-order valence-corrected chi connectivity index (χ0v) is 20.4. The van der Waals surface area contributed by atoms with Crippen LogP contribution in [0.4, 0.5) is 4.79 Å². The SMILES string of the molecule is CCCCc1cc(C(=O)N[C@@H](CCC(=O)O)C(=O)N2CCN(C(=O)O)CC2)nc(-c2ccccc2)c1. The van der Waals surface area contributed by atoms with Gasteiger partial charge in [-0.3, -0.25) is 14.4 Å². The van der Waals surface area contributed by atoms with Crippen LogP contribution in [0, 0.1) is 0 Å². The smallest absolute Gasteiger partial charge is 0.407 e. The molecule has 3 N–H and O–H groups in total. The molecule has 192 valence electrons. The van der Waals surface area contributed by atoms with Gasteiger partial charge in [-0.1, -0.05) is 43.7 Å². The summed E-state index contributed by atoms with van der Waals surface area (Å²) in [5, 5.41) is 21.0. The standard InChI is InChI=1S/C26H32N4O6/c1-2-3-7-18-16-21(19-8-5-4-6-9-19)27-22(17-18)24(33)28-20(10-11-23(31)32)25(34)29-12-14-30(15-13-29)26(35)36/h4-6,8-9,16-17,20H,2-3,7,10-15H2,1H3,(H,28,33)(H,31,32)(H,35,36)/t20-/m0/s1. The second-order valence-electron chi connectivity index (χ2n) is 8.77. The number of rotatable bonds is 10. The number of hydrogen-bond acceptors (Lipinski definition) is 5. The summed E-state index contributed by atoms with van der Waals surface area (Å²) >= 11 is 0. The lowest BCUT2D eigenvalue weighted by Gasteiger charge is -2.35. The Labute approximate surface area is 209 Å². The molecular weight excluding hydrogens is 464 g/mol. The molecule has 3 rings (SSSR count). The van der Waals surface area contributed by atoms with Gasteiger partial charge in [0.05, 0.1) is 5.69 Å². The molecule has 0 radical (unpaired) electrons. The van der Waals surface area contributed by atoms with Gasteiger partial charge < -0.3 is 25.3 Å². The number of aryl methyl sites for hydroxylation is 1. The first-order chi connectivity index (χ1) is 17.3.